The summed E-state index contributed by atoms with van der Waals surface area (Å²) in [6.45, 7) is 1.59. The monoisotopic (exact) mass is 325 g/mol. The van der Waals surface area contributed by atoms with Crippen molar-refractivity contribution in [3.8, 4) is 0 Å². The predicted molar refractivity (Wildman–Crippen MR) is 73.2 cm³/mol. The van der Waals surface area contributed by atoms with E-state index in [1.807, 2.05) is 0 Å². The first-order chi connectivity index (χ1) is 8.99. The van der Waals surface area contributed by atoms with E-state index in [0.29, 0.717) is 11.3 Å². The summed E-state index contributed by atoms with van der Waals surface area (Å²) >= 11 is 3.02. The number of anilines is 1. The number of hydrogen-bond acceptors (Lipinski definition) is 1. The Morgan fingerprint density at radius 2 is 1.95 bits per heavy atom. The molecule has 0 spiro atoms. The van der Waals surface area contributed by atoms with E-state index in [0.717, 1.165) is 0 Å². The van der Waals surface area contributed by atoms with Gasteiger partial charge in [0.05, 0.1) is 10.0 Å². The maximum Gasteiger partial charge on any atom is 0.258 e. The Morgan fingerprint density at radius 3 is 2.63 bits per heavy atom. The van der Waals surface area contributed by atoms with E-state index in [-0.39, 0.29) is 15.9 Å². The minimum atomic E-state index is -0.626. The summed E-state index contributed by atoms with van der Waals surface area (Å²) in [5, 5.41) is 2.53. The Bertz CT molecular complexity index is 643. The fourth-order valence-corrected chi connectivity index (χ4v) is 1.97. The molecule has 19 heavy (non-hydrogen) atoms. The lowest BCUT2D eigenvalue weighted by molar-refractivity contribution is 0.102. The number of aryl methyl sites for hydroxylation is 1. The van der Waals surface area contributed by atoms with E-state index < -0.39 is 11.7 Å². The second-order valence-corrected chi connectivity index (χ2v) is 4.87. The highest BCUT2D eigenvalue weighted by molar-refractivity contribution is 9.10. The van der Waals surface area contributed by atoms with Crippen LogP contribution in [0.3, 0.4) is 0 Å². The second-order valence-electron chi connectivity index (χ2n) is 4.02. The highest BCUT2D eigenvalue weighted by atomic mass is 79.9. The number of halogens is 3. The molecule has 0 unspecified atom stereocenters. The minimum absolute atomic E-state index is 0.0728. The lowest BCUT2D eigenvalue weighted by atomic mass is 10.1. The van der Waals surface area contributed by atoms with Gasteiger partial charge in [0.15, 0.2) is 0 Å². The zero-order chi connectivity index (χ0) is 14.0. The lowest BCUT2D eigenvalue weighted by Crippen LogP contribution is -2.14. The average molecular weight is 326 g/mol. The van der Waals surface area contributed by atoms with Crippen LogP contribution in [0.5, 0.6) is 0 Å². The molecule has 0 aliphatic carbocycles. The molecule has 0 heterocycles. The number of amides is 1. The van der Waals surface area contributed by atoms with E-state index >= 15 is 0 Å². The van der Waals surface area contributed by atoms with Gasteiger partial charge in [-0.15, -0.1) is 0 Å². The van der Waals surface area contributed by atoms with Gasteiger partial charge in [0.1, 0.15) is 11.6 Å². The molecule has 0 radical (unpaired) electrons. The van der Waals surface area contributed by atoms with Gasteiger partial charge < -0.3 is 5.32 Å². The van der Waals surface area contributed by atoms with Crippen molar-refractivity contribution >= 4 is 27.5 Å². The molecule has 98 valence electrons. The molecule has 1 N–H and O–H groups in total. The predicted octanol–water partition coefficient (Wildman–Crippen LogP) is 4.29. The number of carbonyl (C=O) groups excluding carboxylic acids is 1. The molecule has 1 amide bonds. The average Bonchev–Trinajstić information content (AvgIpc) is 2.37. The van der Waals surface area contributed by atoms with Crippen molar-refractivity contribution in [1.82, 2.24) is 0 Å². The number of hydrogen-bond donors (Lipinski definition) is 1. The van der Waals surface area contributed by atoms with E-state index in [9.17, 15) is 13.6 Å². The second kappa shape index (κ2) is 5.48. The topological polar surface area (TPSA) is 29.1 Å². The molecule has 0 aromatic heterocycles. The van der Waals surface area contributed by atoms with Gasteiger partial charge in [0.2, 0.25) is 0 Å². The third kappa shape index (κ3) is 2.98. The number of carbonyl (C=O) groups is 1. The van der Waals surface area contributed by atoms with Gasteiger partial charge in [-0.25, -0.2) is 8.78 Å². The molecule has 2 aromatic carbocycles. The molecule has 2 aromatic rings. The fourth-order valence-electron chi connectivity index (χ4n) is 1.60. The largest absolute Gasteiger partial charge is 0.322 e. The zero-order valence-electron chi connectivity index (χ0n) is 10.0. The summed E-state index contributed by atoms with van der Waals surface area (Å²) in [5.74, 6) is -1.56. The molecular formula is C14H10BrF2NO. The standard InChI is InChI=1S/C14H10BrF2NO/c1-8-7-9(5-6-12(8)16)18-14(19)10-3-2-4-11(15)13(10)17/h2-7H,1H3,(H,18,19). The van der Waals surface area contributed by atoms with E-state index in [1.165, 1.54) is 30.3 Å². The van der Waals surface area contributed by atoms with Crippen molar-refractivity contribution < 1.29 is 13.6 Å². The highest BCUT2D eigenvalue weighted by Crippen LogP contribution is 2.20. The number of benzene rings is 2. The van der Waals surface area contributed by atoms with Gasteiger partial charge in [0, 0.05) is 5.69 Å². The van der Waals surface area contributed by atoms with Gasteiger partial charge in [0.25, 0.3) is 5.91 Å². The van der Waals surface area contributed by atoms with Gasteiger partial charge in [-0.1, -0.05) is 6.07 Å². The minimum Gasteiger partial charge on any atom is -0.322 e. The molecule has 2 rings (SSSR count). The molecule has 0 aliphatic heterocycles. The van der Waals surface area contributed by atoms with E-state index in [1.54, 1.807) is 13.0 Å². The van der Waals surface area contributed by atoms with Crippen LogP contribution in [0.15, 0.2) is 40.9 Å². The van der Waals surface area contributed by atoms with Crippen molar-refractivity contribution in [2.75, 3.05) is 5.32 Å². The van der Waals surface area contributed by atoms with Crippen LogP contribution in [0.2, 0.25) is 0 Å². The van der Waals surface area contributed by atoms with Gasteiger partial charge in [-0.05, 0) is 58.7 Å². The molecule has 5 heteroatoms. The van der Waals surface area contributed by atoms with Crippen molar-refractivity contribution in [2.45, 2.75) is 6.92 Å². The molecule has 0 bridgehead atoms. The summed E-state index contributed by atoms with van der Waals surface area (Å²) in [6, 6.07) is 8.62. The Morgan fingerprint density at radius 1 is 1.21 bits per heavy atom. The first kappa shape index (κ1) is 13.7. The van der Waals surface area contributed by atoms with Gasteiger partial charge in [-0.2, -0.15) is 0 Å². The SMILES string of the molecule is Cc1cc(NC(=O)c2cccc(Br)c2F)ccc1F. The molecule has 0 saturated carbocycles. The smallest absolute Gasteiger partial charge is 0.258 e. The first-order valence-corrected chi connectivity index (χ1v) is 6.30. The van der Waals surface area contributed by atoms with Crippen LogP contribution in [-0.4, -0.2) is 5.91 Å². The molecular weight excluding hydrogens is 316 g/mol. The Hall–Kier alpha value is -1.75. The lowest BCUT2D eigenvalue weighted by Gasteiger charge is -2.08. The van der Waals surface area contributed by atoms with Crippen molar-refractivity contribution in [2.24, 2.45) is 0 Å². The molecule has 0 aliphatic rings. The van der Waals surface area contributed by atoms with Crippen LogP contribution in [0.4, 0.5) is 14.5 Å². The summed E-state index contributed by atoms with van der Waals surface area (Å²) < 4.78 is 27.0. The summed E-state index contributed by atoms with van der Waals surface area (Å²) in [6.07, 6.45) is 0. The molecule has 0 atom stereocenters. The number of nitrogens with one attached hydrogen (secondary N) is 1. The van der Waals surface area contributed by atoms with E-state index in [2.05, 4.69) is 21.2 Å². The fraction of sp³-hybridized carbons (Fsp3) is 0.0714. The van der Waals surface area contributed by atoms with E-state index in [4.69, 9.17) is 0 Å². The third-order valence-electron chi connectivity index (χ3n) is 2.61. The van der Waals surface area contributed by atoms with Crippen LogP contribution in [-0.2, 0) is 0 Å². The Labute approximate surface area is 117 Å². The van der Waals surface area contributed by atoms with Crippen molar-refractivity contribution in [3.63, 3.8) is 0 Å². The summed E-state index contributed by atoms with van der Waals surface area (Å²) in [4.78, 5) is 11.9. The van der Waals surface area contributed by atoms with Gasteiger partial charge in [-0.3, -0.25) is 4.79 Å². The Balaban J connectivity index is 2.26. The van der Waals surface area contributed by atoms with Crippen molar-refractivity contribution in [1.29, 1.82) is 0 Å². The third-order valence-corrected chi connectivity index (χ3v) is 3.22. The normalized spacial score (nSPS) is 10.3. The van der Waals surface area contributed by atoms with Crippen LogP contribution in [0.25, 0.3) is 0 Å². The van der Waals surface area contributed by atoms with Crippen molar-refractivity contribution in [3.05, 3.63) is 63.6 Å². The summed E-state index contributed by atoms with van der Waals surface area (Å²) in [7, 11) is 0. The molecule has 0 saturated heterocycles. The highest BCUT2D eigenvalue weighted by Gasteiger charge is 2.14. The maximum absolute atomic E-state index is 13.7. The zero-order valence-corrected chi connectivity index (χ0v) is 11.6. The Kier molecular flexibility index (Phi) is 3.95. The maximum atomic E-state index is 13.7. The van der Waals surface area contributed by atoms with Crippen LogP contribution >= 0.6 is 15.9 Å². The molecule has 0 fully saturated rings. The first-order valence-electron chi connectivity index (χ1n) is 5.50. The van der Waals surface area contributed by atoms with Gasteiger partial charge >= 0.3 is 0 Å². The number of rotatable bonds is 2. The van der Waals surface area contributed by atoms with Crippen LogP contribution in [0, 0.1) is 18.6 Å². The summed E-state index contributed by atoms with van der Waals surface area (Å²) in [5.41, 5.74) is 0.757. The quantitative estimate of drug-likeness (QED) is 0.876. The van der Waals surface area contributed by atoms with Crippen LogP contribution < -0.4 is 5.32 Å². The molecule has 2 nitrogen and oxygen atoms in total. The van der Waals surface area contributed by atoms with Crippen LogP contribution in [0.1, 0.15) is 15.9 Å².